The predicted octanol–water partition coefficient (Wildman–Crippen LogP) is 3.25. The number of fused-ring (bicyclic) bond motifs is 1. The van der Waals surface area contributed by atoms with E-state index in [9.17, 15) is 13.2 Å². The average molecular weight is 399 g/mol. The van der Waals surface area contributed by atoms with Crippen molar-refractivity contribution in [3.63, 3.8) is 0 Å². The number of hydrogen-bond donors (Lipinski definition) is 0. The summed E-state index contributed by atoms with van der Waals surface area (Å²) in [4.78, 5) is 17.2. The number of benzene rings is 2. The largest absolute Gasteiger partial charge is 0.364 e. The summed E-state index contributed by atoms with van der Waals surface area (Å²) in [5, 5.41) is 0. The van der Waals surface area contributed by atoms with Gasteiger partial charge in [-0.25, -0.2) is 8.42 Å². The van der Waals surface area contributed by atoms with Gasteiger partial charge in [0.1, 0.15) is 0 Å². The third kappa shape index (κ3) is 4.22. The Hall–Kier alpha value is -2.34. The number of amides is 1. The minimum Gasteiger partial charge on any atom is -0.364 e. The van der Waals surface area contributed by atoms with Gasteiger partial charge in [-0.2, -0.15) is 0 Å². The molecule has 148 valence electrons. The van der Waals surface area contributed by atoms with Gasteiger partial charge in [-0.3, -0.25) is 4.79 Å². The second-order valence-corrected chi connectivity index (χ2v) is 10.00. The number of carbonyl (C=O) groups excluding carboxylic acids is 1. The molecule has 1 fully saturated rings. The summed E-state index contributed by atoms with van der Waals surface area (Å²) in [7, 11) is -2.99. The molecule has 1 unspecified atom stereocenters. The SMILES string of the molecule is O=C(CC1CCCS(=O)(=O)C1)N1CCN(Cc2ccccc2)c2ccccc21. The molecule has 2 aliphatic heterocycles. The van der Waals surface area contributed by atoms with Crippen LogP contribution < -0.4 is 9.80 Å². The van der Waals surface area contributed by atoms with Gasteiger partial charge in [0, 0.05) is 26.1 Å². The third-order valence-electron chi connectivity index (χ3n) is 5.64. The van der Waals surface area contributed by atoms with E-state index in [1.807, 2.05) is 41.3 Å². The second-order valence-electron chi connectivity index (χ2n) is 7.77. The van der Waals surface area contributed by atoms with Gasteiger partial charge in [0.2, 0.25) is 5.91 Å². The van der Waals surface area contributed by atoms with E-state index in [1.165, 1.54) is 5.56 Å². The molecule has 5 nitrogen and oxygen atoms in total. The summed E-state index contributed by atoms with van der Waals surface area (Å²) in [5.74, 6) is 0.391. The predicted molar refractivity (Wildman–Crippen MR) is 112 cm³/mol. The monoisotopic (exact) mass is 398 g/mol. The second kappa shape index (κ2) is 7.95. The van der Waals surface area contributed by atoms with Crippen LogP contribution in [0.1, 0.15) is 24.8 Å². The normalized spacial score (nSPS) is 21.2. The van der Waals surface area contributed by atoms with Gasteiger partial charge in [-0.1, -0.05) is 42.5 Å². The van der Waals surface area contributed by atoms with Crippen molar-refractivity contribution in [1.29, 1.82) is 0 Å². The molecule has 4 rings (SSSR count). The Bertz CT molecular complexity index is 943. The summed E-state index contributed by atoms with van der Waals surface area (Å²) in [6, 6.07) is 18.3. The van der Waals surface area contributed by atoms with Gasteiger partial charge in [0.15, 0.2) is 9.84 Å². The molecule has 0 saturated carbocycles. The number of anilines is 2. The van der Waals surface area contributed by atoms with Crippen LogP contribution in [0.4, 0.5) is 11.4 Å². The molecular formula is C22H26N2O3S. The highest BCUT2D eigenvalue weighted by Crippen LogP contribution is 2.35. The first-order chi connectivity index (χ1) is 13.5. The van der Waals surface area contributed by atoms with E-state index in [1.54, 1.807) is 0 Å². The van der Waals surface area contributed by atoms with Gasteiger partial charge in [0.05, 0.1) is 22.9 Å². The van der Waals surface area contributed by atoms with Crippen LogP contribution in [0.15, 0.2) is 54.6 Å². The molecule has 1 amide bonds. The molecule has 2 aromatic rings. The minimum atomic E-state index is -2.99. The van der Waals surface area contributed by atoms with Crippen LogP contribution in [0.3, 0.4) is 0 Å². The number of sulfone groups is 1. The van der Waals surface area contributed by atoms with Crippen LogP contribution in [0.2, 0.25) is 0 Å². The van der Waals surface area contributed by atoms with Gasteiger partial charge in [-0.15, -0.1) is 0 Å². The molecule has 1 atom stereocenters. The van der Waals surface area contributed by atoms with Gasteiger partial charge < -0.3 is 9.80 Å². The number of hydrogen-bond acceptors (Lipinski definition) is 4. The molecule has 0 bridgehead atoms. The Morgan fingerprint density at radius 3 is 2.43 bits per heavy atom. The summed E-state index contributed by atoms with van der Waals surface area (Å²) in [5.41, 5.74) is 3.22. The molecule has 2 aromatic carbocycles. The number of para-hydroxylation sites is 2. The molecule has 0 aromatic heterocycles. The highest BCUT2D eigenvalue weighted by molar-refractivity contribution is 7.91. The van der Waals surface area contributed by atoms with Crippen LogP contribution in [-0.2, 0) is 21.2 Å². The fourth-order valence-corrected chi connectivity index (χ4v) is 6.06. The lowest BCUT2D eigenvalue weighted by Crippen LogP contribution is -2.44. The van der Waals surface area contributed by atoms with Gasteiger partial charge in [-0.05, 0) is 36.5 Å². The Balaban J connectivity index is 1.50. The van der Waals surface area contributed by atoms with Crippen molar-refractivity contribution in [2.24, 2.45) is 5.92 Å². The minimum absolute atomic E-state index is 0.0360. The highest BCUT2D eigenvalue weighted by atomic mass is 32.2. The Kier molecular flexibility index (Phi) is 5.40. The molecule has 28 heavy (non-hydrogen) atoms. The van der Waals surface area contributed by atoms with E-state index in [2.05, 4.69) is 23.1 Å². The molecular weight excluding hydrogens is 372 g/mol. The standard InChI is InChI=1S/C22H26N2O3S/c25-22(15-19-9-6-14-28(26,27)17-19)24-13-12-23(16-18-7-2-1-3-8-18)20-10-4-5-11-21(20)24/h1-5,7-8,10-11,19H,6,9,12-17H2. The number of carbonyl (C=O) groups is 1. The quantitative estimate of drug-likeness (QED) is 0.793. The van der Waals surface area contributed by atoms with Crippen molar-refractivity contribution >= 4 is 27.1 Å². The molecule has 6 heteroatoms. The third-order valence-corrected chi connectivity index (χ3v) is 7.53. The zero-order valence-corrected chi connectivity index (χ0v) is 16.8. The fourth-order valence-electron chi connectivity index (χ4n) is 4.28. The summed E-state index contributed by atoms with van der Waals surface area (Å²) in [6.07, 6.45) is 1.80. The first kappa shape index (κ1) is 19.0. The van der Waals surface area contributed by atoms with Crippen LogP contribution in [-0.4, -0.2) is 38.9 Å². The maximum atomic E-state index is 13.0. The van der Waals surface area contributed by atoms with E-state index in [0.717, 1.165) is 30.9 Å². The first-order valence-electron chi connectivity index (χ1n) is 9.90. The molecule has 2 heterocycles. The molecule has 0 spiro atoms. The van der Waals surface area contributed by atoms with Crippen LogP contribution >= 0.6 is 0 Å². The van der Waals surface area contributed by atoms with E-state index in [-0.39, 0.29) is 23.3 Å². The topological polar surface area (TPSA) is 57.7 Å². The molecule has 0 aliphatic carbocycles. The Morgan fingerprint density at radius 1 is 0.964 bits per heavy atom. The van der Waals surface area contributed by atoms with Crippen LogP contribution in [0, 0.1) is 5.92 Å². The average Bonchev–Trinajstić information content (AvgIpc) is 2.68. The first-order valence-corrected chi connectivity index (χ1v) is 11.7. The van der Waals surface area contributed by atoms with Crippen molar-refractivity contribution in [1.82, 2.24) is 0 Å². The lowest BCUT2D eigenvalue weighted by molar-refractivity contribution is -0.119. The molecule has 2 aliphatic rings. The maximum absolute atomic E-state index is 13.0. The zero-order valence-electron chi connectivity index (χ0n) is 16.0. The summed E-state index contributed by atoms with van der Waals surface area (Å²) in [6.45, 7) is 2.20. The van der Waals surface area contributed by atoms with Gasteiger partial charge in [0.25, 0.3) is 0 Å². The maximum Gasteiger partial charge on any atom is 0.227 e. The van der Waals surface area contributed by atoms with Crippen LogP contribution in [0.25, 0.3) is 0 Å². The molecule has 1 saturated heterocycles. The molecule has 0 N–H and O–H groups in total. The lowest BCUT2D eigenvalue weighted by Gasteiger charge is -2.38. The number of nitrogens with zero attached hydrogens (tertiary/aromatic N) is 2. The smallest absolute Gasteiger partial charge is 0.227 e. The number of rotatable bonds is 4. The van der Waals surface area contributed by atoms with Gasteiger partial charge >= 0.3 is 0 Å². The van der Waals surface area contributed by atoms with Crippen molar-refractivity contribution in [2.45, 2.75) is 25.8 Å². The van der Waals surface area contributed by atoms with Crippen LogP contribution in [0.5, 0.6) is 0 Å². The van der Waals surface area contributed by atoms with Crippen molar-refractivity contribution in [3.8, 4) is 0 Å². The molecule has 0 radical (unpaired) electrons. The van der Waals surface area contributed by atoms with Crippen molar-refractivity contribution < 1.29 is 13.2 Å². The summed E-state index contributed by atoms with van der Waals surface area (Å²) < 4.78 is 23.8. The zero-order chi connectivity index (χ0) is 19.6. The van der Waals surface area contributed by atoms with E-state index in [4.69, 9.17) is 0 Å². The van der Waals surface area contributed by atoms with E-state index >= 15 is 0 Å². The Labute approximate surface area is 166 Å². The van der Waals surface area contributed by atoms with E-state index in [0.29, 0.717) is 19.4 Å². The fraction of sp³-hybridized carbons (Fsp3) is 0.409. The Morgan fingerprint density at radius 2 is 1.68 bits per heavy atom. The lowest BCUT2D eigenvalue weighted by atomic mass is 10.00. The van der Waals surface area contributed by atoms with Crippen molar-refractivity contribution in [3.05, 3.63) is 60.2 Å². The van der Waals surface area contributed by atoms with E-state index < -0.39 is 9.84 Å². The highest BCUT2D eigenvalue weighted by Gasteiger charge is 2.31. The summed E-state index contributed by atoms with van der Waals surface area (Å²) >= 11 is 0. The van der Waals surface area contributed by atoms with Crippen molar-refractivity contribution in [2.75, 3.05) is 34.4 Å².